The standard InChI is InChI=1S/C18H20F3N3O3S2/c19-18(20,21)14-8-5-13(6-9-14)11-29(26,27)17-24-23-16(28-17)22-15(25)10-7-12-3-1-2-4-12/h5-6,8-9,12H,1-4,7,10-11H2,(H,22,23,25). The molecule has 0 radical (unpaired) electrons. The predicted molar refractivity (Wildman–Crippen MR) is 102 cm³/mol. The monoisotopic (exact) mass is 447 g/mol. The number of hydrogen-bond donors (Lipinski definition) is 1. The normalized spacial score (nSPS) is 15.6. The van der Waals surface area contributed by atoms with Gasteiger partial charge in [0, 0.05) is 6.42 Å². The molecular formula is C18H20F3N3O3S2. The van der Waals surface area contributed by atoms with Gasteiger partial charge in [0.1, 0.15) is 0 Å². The van der Waals surface area contributed by atoms with Gasteiger partial charge < -0.3 is 5.32 Å². The Labute approximate surface area is 170 Å². The van der Waals surface area contributed by atoms with Crippen LogP contribution in [0.1, 0.15) is 49.7 Å². The molecule has 29 heavy (non-hydrogen) atoms. The minimum Gasteiger partial charge on any atom is -0.301 e. The molecule has 1 aromatic heterocycles. The third-order valence-electron chi connectivity index (χ3n) is 4.81. The van der Waals surface area contributed by atoms with Gasteiger partial charge in [-0.3, -0.25) is 4.79 Å². The van der Waals surface area contributed by atoms with E-state index in [4.69, 9.17) is 0 Å². The van der Waals surface area contributed by atoms with Gasteiger partial charge in [-0.1, -0.05) is 49.2 Å². The maximum absolute atomic E-state index is 12.6. The van der Waals surface area contributed by atoms with Crippen molar-refractivity contribution in [1.29, 1.82) is 0 Å². The Bertz CT molecular complexity index is 951. The van der Waals surface area contributed by atoms with Crippen molar-refractivity contribution in [3.63, 3.8) is 0 Å². The summed E-state index contributed by atoms with van der Waals surface area (Å²) in [7, 11) is -3.89. The lowest BCUT2D eigenvalue weighted by Crippen LogP contribution is -2.12. The van der Waals surface area contributed by atoms with Crippen molar-refractivity contribution in [2.45, 2.75) is 54.8 Å². The van der Waals surface area contributed by atoms with E-state index in [0.717, 1.165) is 54.9 Å². The number of benzene rings is 1. The number of hydrogen-bond acceptors (Lipinski definition) is 6. The largest absolute Gasteiger partial charge is 0.416 e. The summed E-state index contributed by atoms with van der Waals surface area (Å²) in [6.45, 7) is 0. The summed E-state index contributed by atoms with van der Waals surface area (Å²) < 4.78 is 62.4. The zero-order chi connectivity index (χ0) is 21.1. The fraction of sp³-hybridized carbons (Fsp3) is 0.500. The molecule has 0 atom stereocenters. The van der Waals surface area contributed by atoms with Crippen LogP contribution in [0.4, 0.5) is 18.3 Å². The van der Waals surface area contributed by atoms with Gasteiger partial charge in [-0.25, -0.2) is 8.42 Å². The van der Waals surface area contributed by atoms with Crippen molar-refractivity contribution in [2.24, 2.45) is 5.92 Å². The molecule has 1 aliphatic rings. The number of amides is 1. The van der Waals surface area contributed by atoms with Gasteiger partial charge >= 0.3 is 6.18 Å². The van der Waals surface area contributed by atoms with Crippen LogP contribution in [0.2, 0.25) is 0 Å². The second-order valence-electron chi connectivity index (χ2n) is 7.06. The van der Waals surface area contributed by atoms with Crippen LogP contribution >= 0.6 is 11.3 Å². The molecule has 1 fully saturated rings. The first-order chi connectivity index (χ1) is 13.6. The molecule has 0 spiro atoms. The van der Waals surface area contributed by atoms with E-state index >= 15 is 0 Å². The van der Waals surface area contributed by atoms with Gasteiger partial charge in [0.25, 0.3) is 0 Å². The molecular weight excluding hydrogens is 427 g/mol. The number of sulfone groups is 1. The Kier molecular flexibility index (Phi) is 6.57. The van der Waals surface area contributed by atoms with Crippen LogP contribution < -0.4 is 5.32 Å². The van der Waals surface area contributed by atoms with E-state index in [-0.39, 0.29) is 20.9 Å². The minimum absolute atomic E-state index is 0.0902. The van der Waals surface area contributed by atoms with Crippen molar-refractivity contribution in [2.75, 3.05) is 5.32 Å². The fourth-order valence-corrected chi connectivity index (χ4v) is 5.61. The fourth-order valence-electron chi connectivity index (χ4n) is 3.27. The van der Waals surface area contributed by atoms with Crippen molar-refractivity contribution in [3.8, 4) is 0 Å². The van der Waals surface area contributed by atoms with Gasteiger partial charge in [0.05, 0.1) is 11.3 Å². The van der Waals surface area contributed by atoms with Gasteiger partial charge in [-0.05, 0) is 30.0 Å². The highest BCUT2D eigenvalue weighted by molar-refractivity contribution is 7.92. The number of carbonyl (C=O) groups excluding carboxylic acids is 1. The molecule has 1 amide bonds. The number of alkyl halides is 3. The third kappa shape index (κ3) is 5.99. The molecule has 2 aromatic rings. The number of carbonyl (C=O) groups is 1. The number of nitrogens with one attached hydrogen (secondary N) is 1. The second kappa shape index (κ2) is 8.78. The van der Waals surface area contributed by atoms with E-state index in [2.05, 4.69) is 15.5 Å². The Morgan fingerprint density at radius 1 is 1.14 bits per heavy atom. The average Bonchev–Trinajstić information content (AvgIpc) is 3.31. The SMILES string of the molecule is O=C(CCC1CCCC1)Nc1nnc(S(=O)(=O)Cc2ccc(C(F)(F)F)cc2)s1. The quantitative estimate of drug-likeness (QED) is 0.634. The number of anilines is 1. The second-order valence-corrected chi connectivity index (χ2v) is 10.2. The Morgan fingerprint density at radius 3 is 2.41 bits per heavy atom. The Hall–Kier alpha value is -2.01. The Morgan fingerprint density at radius 2 is 1.79 bits per heavy atom. The molecule has 3 rings (SSSR count). The molecule has 158 valence electrons. The van der Waals surface area contributed by atoms with E-state index in [1.807, 2.05) is 0 Å². The van der Waals surface area contributed by atoms with Gasteiger partial charge in [-0.2, -0.15) is 13.2 Å². The van der Waals surface area contributed by atoms with Crippen LogP contribution in [-0.4, -0.2) is 24.5 Å². The highest BCUT2D eigenvalue weighted by atomic mass is 32.2. The number of aromatic nitrogens is 2. The smallest absolute Gasteiger partial charge is 0.301 e. The summed E-state index contributed by atoms with van der Waals surface area (Å²) in [6.07, 6.45) is 1.33. The predicted octanol–water partition coefficient (Wildman–Crippen LogP) is 4.44. The first kappa shape index (κ1) is 21.7. The highest BCUT2D eigenvalue weighted by Gasteiger charge is 2.30. The molecule has 0 saturated heterocycles. The van der Waals surface area contributed by atoms with Crippen molar-refractivity contribution in [1.82, 2.24) is 10.2 Å². The summed E-state index contributed by atoms with van der Waals surface area (Å²) in [5.41, 5.74) is -0.646. The average molecular weight is 448 g/mol. The molecule has 1 aromatic carbocycles. The molecule has 11 heteroatoms. The number of nitrogens with zero attached hydrogens (tertiary/aromatic N) is 2. The van der Waals surface area contributed by atoms with Crippen molar-refractivity contribution >= 4 is 32.2 Å². The van der Waals surface area contributed by atoms with Crippen molar-refractivity contribution in [3.05, 3.63) is 35.4 Å². The summed E-state index contributed by atoms with van der Waals surface area (Å²) in [6, 6.07) is 3.90. The van der Waals surface area contributed by atoms with Gasteiger partial charge in [-0.15, -0.1) is 10.2 Å². The summed E-state index contributed by atoms with van der Waals surface area (Å²) in [5, 5.41) is 9.97. The first-order valence-corrected chi connectivity index (χ1v) is 11.6. The maximum Gasteiger partial charge on any atom is 0.416 e. The van der Waals surface area contributed by atoms with Crippen LogP contribution in [-0.2, 0) is 26.6 Å². The highest BCUT2D eigenvalue weighted by Crippen LogP contribution is 2.31. The number of rotatable bonds is 7. The zero-order valence-electron chi connectivity index (χ0n) is 15.4. The minimum atomic E-state index is -4.48. The van der Waals surface area contributed by atoms with E-state index in [1.165, 1.54) is 12.8 Å². The number of halogens is 3. The maximum atomic E-state index is 12.6. The Balaban J connectivity index is 1.58. The van der Waals surface area contributed by atoms with E-state index in [1.54, 1.807) is 0 Å². The van der Waals surface area contributed by atoms with Crippen molar-refractivity contribution < 1.29 is 26.4 Å². The van der Waals surface area contributed by atoms with Crippen LogP contribution in [0.15, 0.2) is 28.6 Å². The van der Waals surface area contributed by atoms with Crippen LogP contribution in [0.25, 0.3) is 0 Å². The molecule has 1 saturated carbocycles. The molecule has 1 N–H and O–H groups in total. The van der Waals surface area contributed by atoms with E-state index < -0.39 is 27.3 Å². The van der Waals surface area contributed by atoms with Gasteiger partial charge in [0.15, 0.2) is 0 Å². The molecule has 0 bridgehead atoms. The summed E-state index contributed by atoms with van der Waals surface area (Å²) >= 11 is 0.731. The van der Waals surface area contributed by atoms with E-state index in [9.17, 15) is 26.4 Å². The van der Waals surface area contributed by atoms with Crippen LogP contribution in [0.5, 0.6) is 0 Å². The van der Waals surface area contributed by atoms with Crippen LogP contribution in [0, 0.1) is 5.92 Å². The lowest BCUT2D eigenvalue weighted by Gasteiger charge is -2.07. The summed E-state index contributed by atoms with van der Waals surface area (Å²) in [5.74, 6) is -0.176. The lowest BCUT2D eigenvalue weighted by molar-refractivity contribution is -0.137. The topological polar surface area (TPSA) is 89.0 Å². The first-order valence-electron chi connectivity index (χ1n) is 9.16. The third-order valence-corrected chi connectivity index (χ3v) is 7.78. The lowest BCUT2D eigenvalue weighted by atomic mass is 10.0. The molecule has 1 aliphatic carbocycles. The van der Waals surface area contributed by atoms with E-state index in [0.29, 0.717) is 12.3 Å². The summed E-state index contributed by atoms with van der Waals surface area (Å²) in [4.78, 5) is 12.0. The van der Waals surface area contributed by atoms with Crippen LogP contribution in [0.3, 0.4) is 0 Å². The van der Waals surface area contributed by atoms with Gasteiger partial charge in [0.2, 0.25) is 25.2 Å². The molecule has 6 nitrogen and oxygen atoms in total. The molecule has 0 aliphatic heterocycles. The molecule has 0 unspecified atom stereocenters. The zero-order valence-corrected chi connectivity index (χ0v) is 17.0. The molecule has 1 heterocycles.